The van der Waals surface area contributed by atoms with E-state index in [2.05, 4.69) is 9.97 Å². The maximum absolute atomic E-state index is 12.0. The monoisotopic (exact) mass is 223 g/mol. The Kier molecular flexibility index (Phi) is 2.48. The lowest BCUT2D eigenvalue weighted by Crippen LogP contribution is -2.21. The summed E-state index contributed by atoms with van der Waals surface area (Å²) in [5.41, 5.74) is 2.31. The fraction of sp³-hybridized carbons (Fsp3) is 0.400. The molecule has 0 atom stereocenters. The highest BCUT2D eigenvalue weighted by atomic mass is 32.1. The zero-order chi connectivity index (χ0) is 11.0. The maximum atomic E-state index is 12.0. The lowest BCUT2D eigenvalue weighted by Gasteiger charge is -2.03. The first-order valence-corrected chi connectivity index (χ1v) is 5.36. The Morgan fingerprint density at radius 3 is 2.87 bits per heavy atom. The molecule has 0 amide bonds. The molecule has 80 valence electrons. The van der Waals surface area contributed by atoms with Crippen LogP contribution in [-0.2, 0) is 6.54 Å². The normalized spacial score (nSPS) is 11.1. The number of fused-ring (bicyclic) bond motifs is 1. The van der Waals surface area contributed by atoms with Gasteiger partial charge in [-0.3, -0.25) is 9.36 Å². The Morgan fingerprint density at radius 2 is 2.20 bits per heavy atom. The predicted octanol–water partition coefficient (Wildman–Crippen LogP) is 2.11. The molecule has 0 unspecified atom stereocenters. The Bertz CT molecular complexity index is 605. The van der Waals surface area contributed by atoms with Crippen molar-refractivity contribution in [2.45, 2.75) is 26.8 Å². The van der Waals surface area contributed by atoms with Crippen LogP contribution in [0.25, 0.3) is 11.0 Å². The van der Waals surface area contributed by atoms with E-state index in [1.165, 1.54) is 0 Å². The highest BCUT2D eigenvalue weighted by molar-refractivity contribution is 7.71. The molecule has 0 aliphatic rings. The van der Waals surface area contributed by atoms with Gasteiger partial charge in [0.25, 0.3) is 5.56 Å². The van der Waals surface area contributed by atoms with Crippen LogP contribution in [0.5, 0.6) is 0 Å². The van der Waals surface area contributed by atoms with E-state index < -0.39 is 0 Å². The molecule has 0 spiro atoms. The van der Waals surface area contributed by atoms with Gasteiger partial charge in [-0.25, -0.2) is 0 Å². The van der Waals surface area contributed by atoms with Crippen molar-refractivity contribution in [2.75, 3.05) is 0 Å². The first-order valence-electron chi connectivity index (χ1n) is 4.96. The molecule has 2 rings (SSSR count). The minimum atomic E-state index is -0.0382. The summed E-state index contributed by atoms with van der Waals surface area (Å²) in [7, 11) is 0. The van der Waals surface area contributed by atoms with Crippen LogP contribution in [0.1, 0.15) is 19.0 Å². The number of rotatable bonds is 2. The van der Waals surface area contributed by atoms with E-state index >= 15 is 0 Å². The summed E-state index contributed by atoms with van der Waals surface area (Å²) in [5.74, 6) is 0. The SMILES string of the molecule is CCCn1c(=S)[nH]c2cc(C)[nH]c2c1=O. The van der Waals surface area contributed by atoms with Gasteiger partial charge >= 0.3 is 0 Å². The van der Waals surface area contributed by atoms with Crippen molar-refractivity contribution in [3.8, 4) is 0 Å². The fourth-order valence-electron chi connectivity index (χ4n) is 1.69. The van der Waals surface area contributed by atoms with Gasteiger partial charge in [-0.15, -0.1) is 0 Å². The number of nitrogens with zero attached hydrogens (tertiary/aromatic N) is 1. The molecule has 2 aromatic heterocycles. The van der Waals surface area contributed by atoms with Gasteiger partial charge in [0.05, 0.1) is 5.52 Å². The fourth-order valence-corrected chi connectivity index (χ4v) is 1.98. The summed E-state index contributed by atoms with van der Waals surface area (Å²) >= 11 is 5.14. The molecule has 0 aliphatic carbocycles. The minimum Gasteiger partial charge on any atom is -0.353 e. The Labute approximate surface area is 92.0 Å². The average Bonchev–Trinajstić information content (AvgIpc) is 2.53. The van der Waals surface area contributed by atoms with Gasteiger partial charge in [-0.1, -0.05) is 6.92 Å². The topological polar surface area (TPSA) is 53.6 Å². The van der Waals surface area contributed by atoms with E-state index in [9.17, 15) is 4.79 Å². The van der Waals surface area contributed by atoms with Crippen LogP contribution in [0.2, 0.25) is 0 Å². The van der Waals surface area contributed by atoms with Gasteiger partial charge in [0.15, 0.2) is 4.77 Å². The molecule has 0 aromatic carbocycles. The summed E-state index contributed by atoms with van der Waals surface area (Å²) in [6.45, 7) is 4.59. The van der Waals surface area contributed by atoms with Gasteiger partial charge in [0, 0.05) is 12.2 Å². The van der Waals surface area contributed by atoms with E-state index in [0.29, 0.717) is 16.8 Å². The summed E-state index contributed by atoms with van der Waals surface area (Å²) in [6, 6.07) is 1.89. The molecule has 2 heterocycles. The third-order valence-corrected chi connectivity index (χ3v) is 2.67. The second kappa shape index (κ2) is 3.66. The quantitative estimate of drug-likeness (QED) is 0.766. The van der Waals surface area contributed by atoms with Crippen LogP contribution >= 0.6 is 12.2 Å². The highest BCUT2D eigenvalue weighted by Gasteiger charge is 2.06. The lowest BCUT2D eigenvalue weighted by atomic mass is 10.4. The molecule has 0 saturated carbocycles. The highest BCUT2D eigenvalue weighted by Crippen LogP contribution is 2.08. The molecule has 0 saturated heterocycles. The second-order valence-electron chi connectivity index (χ2n) is 3.63. The van der Waals surface area contributed by atoms with Crippen LogP contribution < -0.4 is 5.56 Å². The van der Waals surface area contributed by atoms with Crippen molar-refractivity contribution >= 4 is 23.3 Å². The molecule has 0 bridgehead atoms. The number of hydrogen-bond acceptors (Lipinski definition) is 2. The molecule has 2 N–H and O–H groups in total. The van der Waals surface area contributed by atoms with Crippen molar-refractivity contribution in [2.24, 2.45) is 0 Å². The van der Waals surface area contributed by atoms with E-state index in [1.807, 2.05) is 19.9 Å². The number of nitrogens with one attached hydrogen (secondary N) is 2. The van der Waals surface area contributed by atoms with Crippen LogP contribution in [0.15, 0.2) is 10.9 Å². The summed E-state index contributed by atoms with van der Waals surface area (Å²) in [6.07, 6.45) is 0.891. The first-order chi connectivity index (χ1) is 7.13. The third kappa shape index (κ3) is 1.63. The molecule has 15 heavy (non-hydrogen) atoms. The van der Waals surface area contributed by atoms with Crippen molar-refractivity contribution in [3.63, 3.8) is 0 Å². The zero-order valence-corrected chi connectivity index (χ0v) is 9.57. The zero-order valence-electron chi connectivity index (χ0n) is 8.76. The molecular formula is C10H13N3OS. The number of aryl methyl sites for hydroxylation is 1. The van der Waals surface area contributed by atoms with Crippen LogP contribution in [0.4, 0.5) is 0 Å². The molecule has 0 aliphatic heterocycles. The van der Waals surface area contributed by atoms with Crippen LogP contribution in [0.3, 0.4) is 0 Å². The summed E-state index contributed by atoms with van der Waals surface area (Å²) < 4.78 is 2.08. The van der Waals surface area contributed by atoms with E-state index in [1.54, 1.807) is 4.57 Å². The van der Waals surface area contributed by atoms with E-state index in [4.69, 9.17) is 12.2 Å². The van der Waals surface area contributed by atoms with Gasteiger partial charge < -0.3 is 9.97 Å². The molecule has 2 aromatic rings. The lowest BCUT2D eigenvalue weighted by molar-refractivity contribution is 0.637. The molecule has 0 radical (unpaired) electrons. The average molecular weight is 223 g/mol. The number of aromatic nitrogens is 3. The summed E-state index contributed by atoms with van der Waals surface area (Å²) in [4.78, 5) is 18.1. The van der Waals surface area contributed by atoms with E-state index in [-0.39, 0.29) is 5.56 Å². The van der Waals surface area contributed by atoms with Crippen LogP contribution in [-0.4, -0.2) is 14.5 Å². The Hall–Kier alpha value is -1.36. The molecule has 0 fully saturated rings. The smallest absolute Gasteiger partial charge is 0.278 e. The Balaban J connectivity index is 2.83. The minimum absolute atomic E-state index is 0.0382. The molecular weight excluding hydrogens is 210 g/mol. The van der Waals surface area contributed by atoms with Crippen LogP contribution in [0, 0.1) is 11.7 Å². The number of hydrogen-bond donors (Lipinski definition) is 2. The predicted molar refractivity (Wildman–Crippen MR) is 62.8 cm³/mol. The molecule has 5 heteroatoms. The Morgan fingerprint density at radius 1 is 1.47 bits per heavy atom. The van der Waals surface area contributed by atoms with Gasteiger partial charge in [-0.05, 0) is 31.6 Å². The van der Waals surface area contributed by atoms with Crippen molar-refractivity contribution in [1.29, 1.82) is 0 Å². The first kappa shape index (κ1) is 10.2. The molecule has 4 nitrogen and oxygen atoms in total. The number of aromatic amines is 2. The number of H-pyrrole nitrogens is 2. The standard InChI is InChI=1S/C10H13N3OS/c1-3-4-13-9(14)8-7(12-10(13)15)5-6(2)11-8/h5,11H,3-4H2,1-2H3,(H,12,15). The largest absolute Gasteiger partial charge is 0.353 e. The van der Waals surface area contributed by atoms with Gasteiger partial charge in [-0.2, -0.15) is 0 Å². The third-order valence-electron chi connectivity index (χ3n) is 2.35. The van der Waals surface area contributed by atoms with Crippen molar-refractivity contribution < 1.29 is 0 Å². The van der Waals surface area contributed by atoms with Gasteiger partial charge in [0.2, 0.25) is 0 Å². The second-order valence-corrected chi connectivity index (χ2v) is 4.01. The van der Waals surface area contributed by atoms with Crippen molar-refractivity contribution in [1.82, 2.24) is 14.5 Å². The van der Waals surface area contributed by atoms with Gasteiger partial charge in [0.1, 0.15) is 5.52 Å². The van der Waals surface area contributed by atoms with Crippen molar-refractivity contribution in [3.05, 3.63) is 26.9 Å². The summed E-state index contributed by atoms with van der Waals surface area (Å²) in [5, 5.41) is 0. The maximum Gasteiger partial charge on any atom is 0.278 e. The van der Waals surface area contributed by atoms with E-state index in [0.717, 1.165) is 17.6 Å².